The summed E-state index contributed by atoms with van der Waals surface area (Å²) in [6.45, 7) is 6.44. The fourth-order valence-electron chi connectivity index (χ4n) is 1.25. The molecule has 2 nitrogen and oxygen atoms in total. The van der Waals surface area contributed by atoms with E-state index in [0.717, 1.165) is 6.04 Å². The summed E-state index contributed by atoms with van der Waals surface area (Å²) in [5, 5.41) is 0. The molecule has 0 aliphatic heterocycles. The van der Waals surface area contributed by atoms with Gasteiger partial charge in [-0.05, 0) is 11.6 Å². The van der Waals surface area contributed by atoms with Crippen LogP contribution in [0.25, 0.3) is 0 Å². The molecule has 0 aliphatic carbocycles. The van der Waals surface area contributed by atoms with Crippen molar-refractivity contribution in [3.05, 3.63) is 0 Å². The highest BCUT2D eigenvalue weighted by Crippen LogP contribution is 2.25. The van der Waals surface area contributed by atoms with Crippen LogP contribution >= 0.6 is 0 Å². The molecule has 0 amide bonds. The summed E-state index contributed by atoms with van der Waals surface area (Å²) >= 11 is 0. The average molecular weight is 162 g/mol. The Kier molecular flexibility index (Phi) is 4.16. The quantitative estimate of drug-likeness (QED) is 0.590. The van der Waals surface area contributed by atoms with Crippen LogP contribution in [-0.2, 0) is 8.85 Å². The minimum absolute atomic E-state index is 0.535. The fourth-order valence-corrected chi connectivity index (χ4v) is 3.75. The molecule has 0 rings (SSSR count). The second kappa shape index (κ2) is 4.11. The number of hydrogen-bond donors (Lipinski definition) is 0. The van der Waals surface area contributed by atoms with Gasteiger partial charge in [0.1, 0.15) is 0 Å². The Hall–Kier alpha value is 0.137. The van der Waals surface area contributed by atoms with E-state index in [0.29, 0.717) is 5.54 Å². The van der Waals surface area contributed by atoms with Crippen LogP contribution in [0.3, 0.4) is 0 Å². The molecule has 0 heterocycles. The maximum absolute atomic E-state index is 5.41. The van der Waals surface area contributed by atoms with Crippen molar-refractivity contribution in [3.63, 3.8) is 0 Å². The third-order valence-electron chi connectivity index (χ3n) is 2.06. The Balaban J connectivity index is 4.15. The molecular weight excluding hydrogens is 144 g/mol. The molecule has 0 aromatic heterocycles. The lowest BCUT2D eigenvalue weighted by molar-refractivity contribution is 0.234. The van der Waals surface area contributed by atoms with Crippen molar-refractivity contribution in [2.75, 3.05) is 14.2 Å². The summed E-state index contributed by atoms with van der Waals surface area (Å²) in [7, 11) is 1.70. The predicted octanol–water partition coefficient (Wildman–Crippen LogP) is 2.15. The Labute approximate surface area is 64.8 Å². The molecule has 0 saturated heterocycles. The van der Waals surface area contributed by atoms with Crippen LogP contribution in [0.15, 0.2) is 0 Å². The van der Waals surface area contributed by atoms with Crippen molar-refractivity contribution >= 4 is 8.56 Å². The van der Waals surface area contributed by atoms with Gasteiger partial charge >= 0.3 is 8.56 Å². The number of rotatable bonds is 4. The topological polar surface area (TPSA) is 18.5 Å². The lowest BCUT2D eigenvalue weighted by atomic mass is 10.6. The van der Waals surface area contributed by atoms with Gasteiger partial charge in [-0.1, -0.05) is 20.8 Å². The Morgan fingerprint density at radius 2 is 1.60 bits per heavy atom. The van der Waals surface area contributed by atoms with Crippen LogP contribution in [0.5, 0.6) is 0 Å². The van der Waals surface area contributed by atoms with Crippen LogP contribution in [-0.4, -0.2) is 22.8 Å². The normalized spacial score (nSPS) is 12.6. The molecule has 0 aromatic carbocycles. The van der Waals surface area contributed by atoms with Crippen molar-refractivity contribution in [1.82, 2.24) is 0 Å². The van der Waals surface area contributed by atoms with E-state index in [9.17, 15) is 0 Å². The van der Waals surface area contributed by atoms with Gasteiger partial charge in [-0.15, -0.1) is 0 Å². The largest absolute Gasteiger partial charge is 0.397 e. The maximum Gasteiger partial charge on any atom is 0.339 e. The fraction of sp³-hybridized carbons (Fsp3) is 1.00. The van der Waals surface area contributed by atoms with E-state index in [1.807, 2.05) is 0 Å². The average Bonchev–Trinajstić information content (AvgIpc) is 1.92. The first-order valence-corrected chi connectivity index (χ1v) is 5.83. The van der Waals surface area contributed by atoms with Crippen LogP contribution in [0.2, 0.25) is 11.6 Å². The van der Waals surface area contributed by atoms with Gasteiger partial charge in [0.25, 0.3) is 0 Å². The lowest BCUT2D eigenvalue weighted by Gasteiger charge is -2.29. The second-order valence-corrected chi connectivity index (χ2v) is 7.03. The smallest absolute Gasteiger partial charge is 0.339 e. The van der Waals surface area contributed by atoms with Gasteiger partial charge in [-0.25, -0.2) is 0 Å². The Morgan fingerprint density at radius 1 is 1.20 bits per heavy atom. The molecule has 0 N–H and O–H groups in total. The zero-order valence-electron chi connectivity index (χ0n) is 7.60. The minimum Gasteiger partial charge on any atom is -0.397 e. The van der Waals surface area contributed by atoms with Gasteiger partial charge in [-0.3, -0.25) is 0 Å². The molecule has 0 aromatic rings. The summed E-state index contributed by atoms with van der Waals surface area (Å²) < 4.78 is 10.8. The molecule has 0 saturated carbocycles. The van der Waals surface area contributed by atoms with E-state index in [4.69, 9.17) is 8.85 Å². The summed E-state index contributed by atoms with van der Waals surface area (Å²) in [5.74, 6) is 0. The highest BCUT2D eigenvalue weighted by Gasteiger charge is 2.36. The van der Waals surface area contributed by atoms with Gasteiger partial charge in [0, 0.05) is 14.2 Å². The summed E-state index contributed by atoms with van der Waals surface area (Å²) in [6, 6.07) is 1.03. The monoisotopic (exact) mass is 162 g/mol. The van der Waals surface area contributed by atoms with Crippen molar-refractivity contribution in [3.8, 4) is 0 Å². The van der Waals surface area contributed by atoms with Crippen LogP contribution < -0.4 is 0 Å². The standard InChI is InChI=1S/C7H18O2Si/c1-6-10(8-4,9-5)7(2)3/h7H,6H2,1-5H3. The number of hydrogen-bond acceptors (Lipinski definition) is 2. The molecular formula is C7H18O2Si. The molecule has 10 heavy (non-hydrogen) atoms. The van der Waals surface area contributed by atoms with E-state index in [-0.39, 0.29) is 0 Å². The van der Waals surface area contributed by atoms with E-state index in [2.05, 4.69) is 20.8 Å². The third kappa shape index (κ3) is 1.81. The first kappa shape index (κ1) is 10.1. The highest BCUT2D eigenvalue weighted by atomic mass is 28.4. The Bertz CT molecular complexity index is 81.3. The van der Waals surface area contributed by atoms with E-state index in [1.165, 1.54) is 0 Å². The zero-order valence-corrected chi connectivity index (χ0v) is 8.60. The highest BCUT2D eigenvalue weighted by molar-refractivity contribution is 6.68. The molecule has 0 atom stereocenters. The molecule has 0 fully saturated rings. The van der Waals surface area contributed by atoms with Crippen LogP contribution in [0, 0.1) is 0 Å². The third-order valence-corrected chi connectivity index (χ3v) is 6.19. The van der Waals surface area contributed by atoms with Gasteiger partial charge in [0.2, 0.25) is 0 Å². The van der Waals surface area contributed by atoms with Gasteiger partial charge in [-0.2, -0.15) is 0 Å². The second-order valence-electron chi connectivity index (χ2n) is 2.73. The maximum atomic E-state index is 5.41. The van der Waals surface area contributed by atoms with Crippen molar-refractivity contribution in [1.29, 1.82) is 0 Å². The zero-order chi connectivity index (χ0) is 8.20. The molecule has 0 unspecified atom stereocenters. The summed E-state index contributed by atoms with van der Waals surface area (Å²) in [6.07, 6.45) is 0. The molecule has 3 heteroatoms. The molecule has 0 bridgehead atoms. The van der Waals surface area contributed by atoms with Crippen molar-refractivity contribution in [2.45, 2.75) is 32.4 Å². The van der Waals surface area contributed by atoms with Crippen molar-refractivity contribution in [2.24, 2.45) is 0 Å². The summed E-state index contributed by atoms with van der Waals surface area (Å²) in [4.78, 5) is 0. The lowest BCUT2D eigenvalue weighted by Crippen LogP contribution is -2.42. The van der Waals surface area contributed by atoms with E-state index >= 15 is 0 Å². The van der Waals surface area contributed by atoms with Gasteiger partial charge in [0.15, 0.2) is 0 Å². The van der Waals surface area contributed by atoms with Crippen LogP contribution in [0.1, 0.15) is 20.8 Å². The first-order chi connectivity index (χ1) is 4.63. The summed E-state index contributed by atoms with van der Waals surface area (Å²) in [5.41, 5.74) is 0.535. The van der Waals surface area contributed by atoms with E-state index in [1.54, 1.807) is 14.2 Å². The van der Waals surface area contributed by atoms with E-state index < -0.39 is 8.56 Å². The molecule has 0 spiro atoms. The minimum atomic E-state index is -1.79. The first-order valence-electron chi connectivity index (χ1n) is 3.73. The molecule has 0 radical (unpaired) electrons. The predicted molar refractivity (Wildman–Crippen MR) is 45.4 cm³/mol. The van der Waals surface area contributed by atoms with Crippen molar-refractivity contribution < 1.29 is 8.85 Å². The SMILES string of the molecule is CC[Si](OC)(OC)C(C)C. The Morgan fingerprint density at radius 3 is 1.60 bits per heavy atom. The molecule has 0 aliphatic rings. The van der Waals surface area contributed by atoms with Gasteiger partial charge in [0.05, 0.1) is 0 Å². The molecule has 62 valence electrons. The van der Waals surface area contributed by atoms with Crippen LogP contribution in [0.4, 0.5) is 0 Å². The van der Waals surface area contributed by atoms with Gasteiger partial charge < -0.3 is 8.85 Å².